The van der Waals surface area contributed by atoms with Gasteiger partial charge >= 0.3 is 0 Å². The van der Waals surface area contributed by atoms with Crippen LogP contribution < -0.4 is 10.1 Å². The molecule has 2 N–H and O–H groups in total. The van der Waals surface area contributed by atoms with Crippen LogP contribution in [0.15, 0.2) is 23.1 Å². The first-order chi connectivity index (χ1) is 10.1. The summed E-state index contributed by atoms with van der Waals surface area (Å²) in [7, 11) is -1.64. The van der Waals surface area contributed by atoms with Crippen molar-refractivity contribution in [3.63, 3.8) is 0 Å². The van der Waals surface area contributed by atoms with Gasteiger partial charge in [-0.25, -0.2) is 13.4 Å². The topological polar surface area (TPSA) is 61.4 Å². The zero-order chi connectivity index (χ0) is 15.3. The largest absolute Gasteiger partial charge is 0.316 e. The SMILES string of the molecule is CCc1ccc(CNC)cc1S(=O)(=O)NN1CCCCC1. The van der Waals surface area contributed by atoms with E-state index in [9.17, 15) is 8.42 Å². The molecule has 0 aromatic heterocycles. The van der Waals surface area contributed by atoms with Crippen LogP contribution in [0.3, 0.4) is 0 Å². The van der Waals surface area contributed by atoms with Crippen LogP contribution in [0.5, 0.6) is 0 Å². The molecule has 0 amide bonds. The number of benzene rings is 1. The number of hydrogen-bond acceptors (Lipinski definition) is 4. The number of hydrogen-bond donors (Lipinski definition) is 2. The van der Waals surface area contributed by atoms with Crippen LogP contribution >= 0.6 is 0 Å². The molecule has 1 fully saturated rings. The average molecular weight is 311 g/mol. The van der Waals surface area contributed by atoms with E-state index in [-0.39, 0.29) is 0 Å². The van der Waals surface area contributed by atoms with Crippen LogP contribution in [0.25, 0.3) is 0 Å². The molecule has 1 aromatic carbocycles. The zero-order valence-corrected chi connectivity index (χ0v) is 13.7. The molecule has 1 saturated heterocycles. The molecule has 2 rings (SSSR count). The van der Waals surface area contributed by atoms with Crippen molar-refractivity contribution in [2.24, 2.45) is 0 Å². The molecule has 1 aliphatic heterocycles. The van der Waals surface area contributed by atoms with Gasteiger partial charge < -0.3 is 5.32 Å². The van der Waals surface area contributed by atoms with Gasteiger partial charge in [0.1, 0.15) is 0 Å². The first-order valence-corrected chi connectivity index (χ1v) is 9.09. The molecule has 6 heteroatoms. The second kappa shape index (κ2) is 7.35. The Morgan fingerprint density at radius 1 is 1.19 bits per heavy atom. The molecular weight excluding hydrogens is 286 g/mol. The summed E-state index contributed by atoms with van der Waals surface area (Å²) in [4.78, 5) is 3.15. The van der Waals surface area contributed by atoms with E-state index in [1.165, 1.54) is 6.42 Å². The van der Waals surface area contributed by atoms with Gasteiger partial charge in [0.25, 0.3) is 10.0 Å². The van der Waals surface area contributed by atoms with E-state index in [0.717, 1.165) is 37.1 Å². The molecule has 0 saturated carbocycles. The van der Waals surface area contributed by atoms with E-state index in [1.807, 2.05) is 31.1 Å². The molecule has 0 aliphatic carbocycles. The van der Waals surface area contributed by atoms with Gasteiger partial charge in [-0.2, -0.15) is 0 Å². The third-order valence-electron chi connectivity index (χ3n) is 3.79. The first kappa shape index (κ1) is 16.4. The Balaban J connectivity index is 2.26. The highest BCUT2D eigenvalue weighted by Crippen LogP contribution is 2.19. The van der Waals surface area contributed by atoms with Crippen molar-refractivity contribution >= 4 is 10.0 Å². The highest BCUT2D eigenvalue weighted by molar-refractivity contribution is 7.89. The predicted octanol–water partition coefficient (Wildman–Crippen LogP) is 1.65. The maximum atomic E-state index is 12.7. The van der Waals surface area contributed by atoms with Crippen LogP contribution in [-0.2, 0) is 23.0 Å². The molecule has 118 valence electrons. The fourth-order valence-electron chi connectivity index (χ4n) is 2.66. The van der Waals surface area contributed by atoms with E-state index in [1.54, 1.807) is 6.07 Å². The molecule has 0 bridgehead atoms. The first-order valence-electron chi connectivity index (χ1n) is 7.60. The lowest BCUT2D eigenvalue weighted by molar-refractivity contribution is 0.200. The van der Waals surface area contributed by atoms with Gasteiger partial charge in [0, 0.05) is 19.6 Å². The summed E-state index contributed by atoms with van der Waals surface area (Å²) in [6, 6.07) is 5.67. The van der Waals surface area contributed by atoms with E-state index < -0.39 is 10.0 Å². The minimum absolute atomic E-state index is 0.406. The van der Waals surface area contributed by atoms with Crippen molar-refractivity contribution in [2.75, 3.05) is 20.1 Å². The van der Waals surface area contributed by atoms with E-state index >= 15 is 0 Å². The Labute approximate surface area is 127 Å². The molecule has 0 unspecified atom stereocenters. The number of hydrazine groups is 1. The van der Waals surface area contributed by atoms with Crippen LogP contribution in [0.2, 0.25) is 0 Å². The van der Waals surface area contributed by atoms with Gasteiger partial charge in [-0.05, 0) is 43.5 Å². The number of nitrogens with one attached hydrogen (secondary N) is 2. The molecule has 1 aromatic rings. The second-order valence-corrected chi connectivity index (χ2v) is 7.10. The van der Waals surface area contributed by atoms with Crippen molar-refractivity contribution in [3.8, 4) is 0 Å². The summed E-state index contributed by atoms with van der Waals surface area (Å²) in [6.07, 6.45) is 3.97. The van der Waals surface area contributed by atoms with Gasteiger partial charge in [0.05, 0.1) is 4.90 Å². The summed E-state index contributed by atoms with van der Waals surface area (Å²) in [5.74, 6) is 0. The Bertz CT molecular complexity index is 566. The van der Waals surface area contributed by atoms with Crippen molar-refractivity contribution < 1.29 is 8.42 Å². The Morgan fingerprint density at radius 3 is 2.52 bits per heavy atom. The Morgan fingerprint density at radius 2 is 1.90 bits per heavy atom. The molecule has 5 nitrogen and oxygen atoms in total. The summed E-state index contributed by atoms with van der Waals surface area (Å²) in [6.45, 7) is 4.22. The number of rotatable bonds is 6. The summed E-state index contributed by atoms with van der Waals surface area (Å²) in [5, 5.41) is 4.88. The third-order valence-corrected chi connectivity index (χ3v) is 5.25. The average Bonchev–Trinajstić information content (AvgIpc) is 2.48. The number of sulfonamides is 1. The lowest BCUT2D eigenvalue weighted by Crippen LogP contribution is -2.45. The molecule has 0 atom stereocenters. The minimum atomic E-state index is -3.50. The minimum Gasteiger partial charge on any atom is -0.316 e. The molecule has 1 aliphatic rings. The summed E-state index contributed by atoms with van der Waals surface area (Å²) >= 11 is 0. The number of aryl methyl sites for hydroxylation is 1. The van der Waals surface area contributed by atoms with E-state index in [0.29, 0.717) is 17.9 Å². The fourth-order valence-corrected chi connectivity index (χ4v) is 4.14. The van der Waals surface area contributed by atoms with Gasteiger partial charge in [0.2, 0.25) is 0 Å². The van der Waals surface area contributed by atoms with Crippen LogP contribution in [0, 0.1) is 0 Å². The number of piperidine rings is 1. The zero-order valence-electron chi connectivity index (χ0n) is 12.9. The van der Waals surface area contributed by atoms with Gasteiger partial charge in [0.15, 0.2) is 0 Å². The predicted molar refractivity (Wildman–Crippen MR) is 84.3 cm³/mol. The lowest BCUT2D eigenvalue weighted by Gasteiger charge is -2.27. The van der Waals surface area contributed by atoms with Crippen LogP contribution in [0.1, 0.15) is 37.3 Å². The van der Waals surface area contributed by atoms with E-state index in [2.05, 4.69) is 10.1 Å². The Kier molecular flexibility index (Phi) is 5.75. The third kappa shape index (κ3) is 4.26. The standard InChI is InChI=1S/C15H25N3O2S/c1-3-14-8-7-13(12-16-2)11-15(14)21(19,20)17-18-9-5-4-6-10-18/h7-8,11,16-17H,3-6,9-10,12H2,1-2H3. The van der Waals surface area contributed by atoms with Gasteiger partial charge in [-0.1, -0.05) is 25.5 Å². The highest BCUT2D eigenvalue weighted by atomic mass is 32.2. The molecule has 0 spiro atoms. The molecule has 21 heavy (non-hydrogen) atoms. The maximum Gasteiger partial charge on any atom is 0.253 e. The van der Waals surface area contributed by atoms with Crippen molar-refractivity contribution in [3.05, 3.63) is 29.3 Å². The summed E-state index contributed by atoms with van der Waals surface area (Å²) < 4.78 is 25.3. The van der Waals surface area contributed by atoms with Crippen LogP contribution in [0.4, 0.5) is 0 Å². The smallest absolute Gasteiger partial charge is 0.253 e. The fraction of sp³-hybridized carbons (Fsp3) is 0.600. The van der Waals surface area contributed by atoms with Crippen molar-refractivity contribution in [2.45, 2.75) is 44.0 Å². The van der Waals surface area contributed by atoms with Crippen LogP contribution in [-0.4, -0.2) is 33.6 Å². The quantitative estimate of drug-likeness (QED) is 0.838. The van der Waals surface area contributed by atoms with E-state index in [4.69, 9.17) is 0 Å². The molecular formula is C15H25N3O2S. The molecule has 0 radical (unpaired) electrons. The normalized spacial score (nSPS) is 17.0. The highest BCUT2D eigenvalue weighted by Gasteiger charge is 2.22. The number of nitrogens with zero attached hydrogens (tertiary/aromatic N) is 1. The van der Waals surface area contributed by atoms with Crippen molar-refractivity contribution in [1.29, 1.82) is 0 Å². The second-order valence-electron chi connectivity index (χ2n) is 5.47. The monoisotopic (exact) mass is 311 g/mol. The molecule has 1 heterocycles. The maximum absolute atomic E-state index is 12.7. The van der Waals surface area contributed by atoms with Gasteiger partial charge in [-0.3, -0.25) is 0 Å². The summed E-state index contributed by atoms with van der Waals surface area (Å²) in [5.41, 5.74) is 1.84. The Hall–Kier alpha value is -0.950. The van der Waals surface area contributed by atoms with Crippen molar-refractivity contribution in [1.82, 2.24) is 15.2 Å². The lowest BCUT2D eigenvalue weighted by atomic mass is 10.1. The van der Waals surface area contributed by atoms with Gasteiger partial charge in [-0.15, -0.1) is 4.83 Å².